The molecule has 0 unspecified atom stereocenters. The van der Waals surface area contributed by atoms with Gasteiger partial charge in [0.2, 0.25) is 9.84 Å². The molecule has 2 atom stereocenters. The largest absolute Gasteiger partial charge is 0.469 e. The highest BCUT2D eigenvalue weighted by molar-refractivity contribution is 7.91. The van der Waals surface area contributed by atoms with Crippen molar-refractivity contribution in [1.29, 1.82) is 0 Å². The van der Waals surface area contributed by atoms with Crippen molar-refractivity contribution in [1.82, 2.24) is 20.2 Å². The number of aromatic nitrogens is 4. The molecule has 0 radical (unpaired) electrons. The number of nitrogens with zero attached hydrogens (tertiary/aromatic N) is 4. The second-order valence-corrected chi connectivity index (χ2v) is 17.9. The fraction of sp³-hybridized carbons (Fsp3) is 0.800. The van der Waals surface area contributed by atoms with Crippen LogP contribution in [0, 0.1) is 5.92 Å². The number of sulfone groups is 1. The maximum absolute atomic E-state index is 12.9. The molecule has 0 aliphatic carbocycles. The number of benzene rings is 1. The third-order valence-corrected chi connectivity index (χ3v) is 12.6. The van der Waals surface area contributed by atoms with Crippen molar-refractivity contribution >= 4 is 21.8 Å². The summed E-state index contributed by atoms with van der Waals surface area (Å²) >= 11 is 0. The summed E-state index contributed by atoms with van der Waals surface area (Å²) in [6, 6.07) is 8.99. The zero-order valence-electron chi connectivity index (χ0n) is 35.6. The molecule has 2 aromatic rings. The first-order chi connectivity index (χ1) is 27.3. The lowest BCUT2D eigenvalue weighted by molar-refractivity contribution is -0.160. The van der Waals surface area contributed by atoms with Crippen LogP contribution in [0.2, 0.25) is 0 Å². The SMILES string of the molecule is CCCCCCCCCCCCCCCCCCCCCCCC[C@@H](C(=O)OC)[C@@H](CCCCCCCCS(=O)(=O)c1nnnn1-c1ccccc1)OC(C)=O. The molecular formula is C45H78N4O6S. The highest BCUT2D eigenvalue weighted by atomic mass is 32.2. The Kier molecular flexibility index (Phi) is 28.3. The molecular weight excluding hydrogens is 725 g/mol. The van der Waals surface area contributed by atoms with Crippen LogP contribution < -0.4 is 0 Å². The zero-order valence-corrected chi connectivity index (χ0v) is 36.4. The third-order valence-electron chi connectivity index (χ3n) is 11.0. The molecule has 10 nitrogen and oxygen atoms in total. The summed E-state index contributed by atoms with van der Waals surface area (Å²) in [6.07, 6.45) is 35.0. The Bertz CT molecular complexity index is 1370. The average molecular weight is 803 g/mol. The number of hydrogen-bond donors (Lipinski definition) is 0. The predicted octanol–water partition coefficient (Wildman–Crippen LogP) is 11.9. The molecule has 0 spiro atoms. The van der Waals surface area contributed by atoms with E-state index in [1.54, 1.807) is 12.1 Å². The van der Waals surface area contributed by atoms with Crippen molar-refractivity contribution in [3.8, 4) is 5.69 Å². The predicted molar refractivity (Wildman–Crippen MR) is 226 cm³/mol. The average Bonchev–Trinajstić information content (AvgIpc) is 3.70. The normalized spacial score (nSPS) is 12.8. The van der Waals surface area contributed by atoms with Gasteiger partial charge in [-0.15, -0.1) is 0 Å². The van der Waals surface area contributed by atoms with Gasteiger partial charge in [-0.05, 0) is 48.2 Å². The fourth-order valence-electron chi connectivity index (χ4n) is 7.68. The van der Waals surface area contributed by atoms with Crippen molar-refractivity contribution in [2.75, 3.05) is 12.9 Å². The Labute approximate surface area is 341 Å². The van der Waals surface area contributed by atoms with Gasteiger partial charge in [-0.2, -0.15) is 4.68 Å². The van der Waals surface area contributed by atoms with Crippen LogP contribution >= 0.6 is 0 Å². The molecule has 0 aliphatic rings. The molecule has 1 aromatic carbocycles. The monoisotopic (exact) mass is 803 g/mol. The minimum atomic E-state index is -3.63. The molecule has 0 aliphatic heterocycles. The van der Waals surface area contributed by atoms with E-state index in [9.17, 15) is 18.0 Å². The first-order valence-electron chi connectivity index (χ1n) is 22.6. The van der Waals surface area contributed by atoms with E-state index in [1.807, 2.05) is 18.2 Å². The number of rotatable bonds is 37. The summed E-state index contributed by atoms with van der Waals surface area (Å²) in [5.74, 6) is -1.15. The molecule has 0 saturated heterocycles. The second kappa shape index (κ2) is 32.2. The second-order valence-electron chi connectivity index (χ2n) is 15.9. The Balaban J connectivity index is 1.52. The topological polar surface area (TPSA) is 130 Å². The minimum Gasteiger partial charge on any atom is -0.469 e. The van der Waals surface area contributed by atoms with E-state index < -0.39 is 21.9 Å². The lowest BCUT2D eigenvalue weighted by Gasteiger charge is -2.25. The Morgan fingerprint density at radius 1 is 0.625 bits per heavy atom. The first kappa shape index (κ1) is 49.3. The quantitative estimate of drug-likeness (QED) is 0.0484. The Morgan fingerprint density at radius 2 is 1.05 bits per heavy atom. The molecule has 11 heteroatoms. The number of tetrazole rings is 1. The van der Waals surface area contributed by atoms with Crippen molar-refractivity contribution in [3.63, 3.8) is 0 Å². The van der Waals surface area contributed by atoms with Gasteiger partial charge in [0.15, 0.2) is 0 Å². The van der Waals surface area contributed by atoms with Crippen LogP contribution in [0.15, 0.2) is 35.5 Å². The maximum Gasteiger partial charge on any atom is 0.312 e. The smallest absolute Gasteiger partial charge is 0.312 e. The summed E-state index contributed by atoms with van der Waals surface area (Å²) < 4.78 is 38.0. The summed E-state index contributed by atoms with van der Waals surface area (Å²) in [4.78, 5) is 24.8. The summed E-state index contributed by atoms with van der Waals surface area (Å²) in [5.41, 5.74) is 0.601. The summed E-state index contributed by atoms with van der Waals surface area (Å²) in [6.45, 7) is 3.68. The molecule has 1 heterocycles. The van der Waals surface area contributed by atoms with E-state index in [-0.39, 0.29) is 22.8 Å². The van der Waals surface area contributed by atoms with Gasteiger partial charge in [-0.3, -0.25) is 9.59 Å². The number of hydrogen-bond acceptors (Lipinski definition) is 9. The van der Waals surface area contributed by atoms with Crippen LogP contribution in [0.5, 0.6) is 0 Å². The molecule has 1 aromatic heterocycles. The minimum absolute atomic E-state index is 0.0187. The van der Waals surface area contributed by atoms with Gasteiger partial charge in [0.25, 0.3) is 5.16 Å². The van der Waals surface area contributed by atoms with Crippen molar-refractivity contribution in [2.24, 2.45) is 5.92 Å². The molecule has 0 amide bonds. The lowest BCUT2D eigenvalue weighted by Crippen LogP contribution is -2.33. The van der Waals surface area contributed by atoms with Gasteiger partial charge in [-0.25, -0.2) is 8.42 Å². The van der Waals surface area contributed by atoms with Crippen molar-refractivity contribution < 1.29 is 27.5 Å². The van der Waals surface area contributed by atoms with Crippen molar-refractivity contribution in [3.05, 3.63) is 30.3 Å². The summed E-state index contributed by atoms with van der Waals surface area (Å²) in [7, 11) is -2.22. The Morgan fingerprint density at radius 3 is 1.50 bits per heavy atom. The van der Waals surface area contributed by atoms with Gasteiger partial charge >= 0.3 is 11.9 Å². The molecule has 0 fully saturated rings. The number of unbranched alkanes of at least 4 members (excludes halogenated alkanes) is 26. The highest BCUT2D eigenvalue weighted by Crippen LogP contribution is 2.25. The van der Waals surface area contributed by atoms with E-state index in [0.29, 0.717) is 24.9 Å². The number of methoxy groups -OCH3 is 1. The summed E-state index contributed by atoms with van der Waals surface area (Å²) in [5, 5.41) is 11.1. The molecule has 0 N–H and O–H groups in total. The standard InChI is InChI=1S/C45H78N4O6S/c1-4-5-6-7-8-9-10-11-12-13-14-15-16-17-18-19-20-21-22-23-26-32-37-42(44(51)54-3)43(55-40(2)50)38-33-27-24-25-28-34-39-56(52,53)45-46-47-48-49(45)41-35-30-29-31-36-41/h29-31,35-36,42-43H,4-28,32-34,37-39H2,1-3H3/t42-,43-/m1/s1. The Hall–Kier alpha value is -2.82. The number of carbonyl (C=O) groups is 2. The van der Waals surface area contributed by atoms with Gasteiger partial charge in [0, 0.05) is 6.92 Å². The van der Waals surface area contributed by atoms with Gasteiger partial charge in [-0.1, -0.05) is 197 Å². The van der Waals surface area contributed by atoms with E-state index in [1.165, 1.54) is 141 Å². The van der Waals surface area contributed by atoms with Crippen LogP contribution in [0.1, 0.15) is 206 Å². The molecule has 56 heavy (non-hydrogen) atoms. The van der Waals surface area contributed by atoms with Crippen LogP contribution in [0.3, 0.4) is 0 Å². The first-order valence-corrected chi connectivity index (χ1v) is 24.3. The lowest BCUT2D eigenvalue weighted by atomic mass is 9.91. The van der Waals surface area contributed by atoms with E-state index >= 15 is 0 Å². The number of esters is 2. The number of para-hydroxylation sites is 1. The zero-order chi connectivity index (χ0) is 40.5. The van der Waals surface area contributed by atoms with Gasteiger partial charge in [0.1, 0.15) is 6.10 Å². The third kappa shape index (κ3) is 22.8. The van der Waals surface area contributed by atoms with Crippen LogP contribution in [-0.2, 0) is 28.9 Å². The van der Waals surface area contributed by atoms with Gasteiger partial charge in [0.05, 0.1) is 24.5 Å². The maximum atomic E-state index is 12.9. The molecule has 0 bridgehead atoms. The fourth-order valence-corrected chi connectivity index (χ4v) is 9.01. The van der Waals surface area contributed by atoms with E-state index in [0.717, 1.165) is 51.4 Å². The van der Waals surface area contributed by atoms with E-state index in [2.05, 4.69) is 22.4 Å². The molecule has 320 valence electrons. The molecule has 2 rings (SSSR count). The van der Waals surface area contributed by atoms with Crippen LogP contribution in [-0.4, -0.2) is 59.5 Å². The van der Waals surface area contributed by atoms with Crippen LogP contribution in [0.25, 0.3) is 5.69 Å². The van der Waals surface area contributed by atoms with Gasteiger partial charge < -0.3 is 9.47 Å². The number of carbonyl (C=O) groups excluding carboxylic acids is 2. The highest BCUT2D eigenvalue weighted by Gasteiger charge is 2.31. The van der Waals surface area contributed by atoms with Crippen molar-refractivity contribution in [2.45, 2.75) is 218 Å². The van der Waals surface area contributed by atoms with Crippen LogP contribution in [0.4, 0.5) is 0 Å². The molecule has 0 saturated carbocycles. The van der Waals surface area contributed by atoms with E-state index in [4.69, 9.17) is 9.47 Å². The number of ether oxygens (including phenoxy) is 2.